The molecule has 0 aromatic heterocycles. The van der Waals surface area contributed by atoms with Crippen LogP contribution in [0.25, 0.3) is 0 Å². The van der Waals surface area contributed by atoms with Crippen molar-refractivity contribution >= 4 is 23.6 Å². The molecule has 1 fully saturated rings. The highest BCUT2D eigenvalue weighted by Gasteiger charge is 2.40. The standard InChI is InChI=1S/C34H40F2N4O5/c1-3-7-27(35)8-5-4-6-19-39-24-33(43)40(21-18-25-9-13-28(36)14-10-25)30(34(39)44)22-32(42)38(23-31(37)41)20-17-26-11-15-29(45-2)16-12-26/h3,5,7-16,30H,1,4,6,17-24H2,2H3,(H2,37,41)/b8-5-,27-7+. The Morgan fingerprint density at radius 1 is 1.07 bits per heavy atom. The molecule has 1 aliphatic rings. The van der Waals surface area contributed by atoms with E-state index in [1.54, 1.807) is 37.5 Å². The topological polar surface area (TPSA) is 113 Å². The van der Waals surface area contributed by atoms with Crippen LogP contribution in [0.2, 0.25) is 0 Å². The van der Waals surface area contributed by atoms with Crippen LogP contribution < -0.4 is 10.5 Å². The summed E-state index contributed by atoms with van der Waals surface area (Å²) in [5.74, 6) is -2.07. The van der Waals surface area contributed by atoms with Crippen molar-refractivity contribution in [1.29, 1.82) is 0 Å². The van der Waals surface area contributed by atoms with Crippen LogP contribution >= 0.6 is 0 Å². The quantitative estimate of drug-likeness (QED) is 0.213. The number of rotatable bonds is 17. The Balaban J connectivity index is 1.75. The molecule has 4 amide bonds. The van der Waals surface area contributed by atoms with Crippen molar-refractivity contribution in [2.45, 2.75) is 38.1 Å². The monoisotopic (exact) mass is 622 g/mol. The molecule has 2 aromatic carbocycles. The fourth-order valence-electron chi connectivity index (χ4n) is 5.01. The summed E-state index contributed by atoms with van der Waals surface area (Å²) in [4.78, 5) is 56.7. The average Bonchev–Trinajstić information content (AvgIpc) is 3.01. The van der Waals surface area contributed by atoms with E-state index in [2.05, 4.69) is 6.58 Å². The van der Waals surface area contributed by atoms with Crippen LogP contribution in [0.4, 0.5) is 8.78 Å². The van der Waals surface area contributed by atoms with Gasteiger partial charge in [-0.2, -0.15) is 0 Å². The molecule has 1 atom stereocenters. The molecule has 0 aliphatic carbocycles. The minimum atomic E-state index is -1.10. The Morgan fingerprint density at radius 2 is 1.73 bits per heavy atom. The lowest BCUT2D eigenvalue weighted by atomic mass is 10.0. The van der Waals surface area contributed by atoms with E-state index in [-0.39, 0.29) is 50.9 Å². The van der Waals surface area contributed by atoms with Gasteiger partial charge in [0.05, 0.1) is 26.6 Å². The molecule has 11 heteroatoms. The number of amides is 4. The average molecular weight is 623 g/mol. The highest BCUT2D eigenvalue weighted by atomic mass is 19.1. The predicted octanol–water partition coefficient (Wildman–Crippen LogP) is 3.74. The minimum Gasteiger partial charge on any atom is -0.497 e. The van der Waals surface area contributed by atoms with Crippen LogP contribution in [0.1, 0.15) is 30.4 Å². The van der Waals surface area contributed by atoms with Gasteiger partial charge in [-0.05, 0) is 73.2 Å². The van der Waals surface area contributed by atoms with Gasteiger partial charge in [-0.3, -0.25) is 19.2 Å². The Bertz CT molecular complexity index is 1390. The van der Waals surface area contributed by atoms with Crippen LogP contribution in [0, 0.1) is 5.82 Å². The second-order valence-electron chi connectivity index (χ2n) is 10.7. The molecule has 0 saturated carbocycles. The third kappa shape index (κ3) is 11.0. The highest BCUT2D eigenvalue weighted by Crippen LogP contribution is 2.20. The van der Waals surface area contributed by atoms with Gasteiger partial charge in [-0.25, -0.2) is 8.78 Å². The fourth-order valence-corrected chi connectivity index (χ4v) is 5.01. The van der Waals surface area contributed by atoms with Crippen molar-refractivity contribution in [1.82, 2.24) is 14.7 Å². The number of hydrogen-bond acceptors (Lipinski definition) is 5. The number of carbonyl (C=O) groups is 4. The van der Waals surface area contributed by atoms with Gasteiger partial charge in [0.25, 0.3) is 0 Å². The summed E-state index contributed by atoms with van der Waals surface area (Å²) in [5, 5.41) is 0. The number of halogens is 2. The van der Waals surface area contributed by atoms with Crippen LogP contribution in [0.5, 0.6) is 5.75 Å². The van der Waals surface area contributed by atoms with Crippen LogP contribution in [0.3, 0.4) is 0 Å². The van der Waals surface area contributed by atoms with E-state index in [1.807, 2.05) is 12.1 Å². The normalized spacial score (nSPS) is 15.4. The summed E-state index contributed by atoms with van der Waals surface area (Å²) in [7, 11) is 1.56. The molecule has 1 unspecified atom stereocenters. The van der Waals surface area contributed by atoms with Gasteiger partial charge in [0, 0.05) is 19.6 Å². The van der Waals surface area contributed by atoms with E-state index in [0.717, 1.165) is 11.1 Å². The molecule has 0 spiro atoms. The third-order valence-electron chi connectivity index (χ3n) is 7.42. The number of piperazine rings is 1. The maximum absolute atomic E-state index is 13.7. The van der Waals surface area contributed by atoms with Gasteiger partial charge < -0.3 is 25.2 Å². The first kappa shape index (κ1) is 34.7. The number of carbonyl (C=O) groups excluding carboxylic acids is 4. The molecule has 1 saturated heterocycles. The molecule has 2 aromatic rings. The molecule has 240 valence electrons. The first-order valence-electron chi connectivity index (χ1n) is 14.8. The maximum Gasteiger partial charge on any atom is 0.246 e. The molecular formula is C34H40F2N4O5. The van der Waals surface area contributed by atoms with E-state index in [4.69, 9.17) is 10.5 Å². The second-order valence-corrected chi connectivity index (χ2v) is 10.7. The third-order valence-corrected chi connectivity index (χ3v) is 7.42. The summed E-state index contributed by atoms with van der Waals surface area (Å²) in [6.45, 7) is 3.49. The summed E-state index contributed by atoms with van der Waals surface area (Å²) in [6.07, 6.45) is 6.88. The Labute approximate surface area is 262 Å². The summed E-state index contributed by atoms with van der Waals surface area (Å²) < 4.78 is 32.2. The minimum absolute atomic E-state index is 0.140. The van der Waals surface area contributed by atoms with Gasteiger partial charge in [0.1, 0.15) is 23.4 Å². The Hall–Kier alpha value is -4.80. The van der Waals surface area contributed by atoms with E-state index in [0.29, 0.717) is 31.4 Å². The van der Waals surface area contributed by atoms with Gasteiger partial charge in [-0.15, -0.1) is 0 Å². The molecule has 1 heterocycles. The van der Waals surface area contributed by atoms with E-state index in [1.165, 1.54) is 45.1 Å². The maximum atomic E-state index is 13.7. The number of nitrogens with zero attached hydrogens (tertiary/aromatic N) is 3. The highest BCUT2D eigenvalue weighted by molar-refractivity contribution is 5.98. The van der Waals surface area contributed by atoms with Crippen LogP contribution in [-0.4, -0.2) is 84.2 Å². The summed E-state index contributed by atoms with van der Waals surface area (Å²) >= 11 is 0. The lowest BCUT2D eigenvalue weighted by molar-refractivity contribution is -0.158. The zero-order chi connectivity index (χ0) is 32.8. The van der Waals surface area contributed by atoms with Crippen molar-refractivity contribution in [3.63, 3.8) is 0 Å². The number of allylic oxidation sites excluding steroid dienone is 5. The number of hydrogen-bond donors (Lipinski definition) is 1. The largest absolute Gasteiger partial charge is 0.497 e. The predicted molar refractivity (Wildman–Crippen MR) is 167 cm³/mol. The van der Waals surface area contributed by atoms with Crippen molar-refractivity contribution in [2.75, 3.05) is 39.8 Å². The lowest BCUT2D eigenvalue weighted by Gasteiger charge is -2.40. The van der Waals surface area contributed by atoms with E-state index < -0.39 is 29.6 Å². The molecule has 3 rings (SSSR count). The number of nitrogens with two attached hydrogens (primary N) is 1. The van der Waals surface area contributed by atoms with Crippen molar-refractivity contribution in [3.05, 3.63) is 102 Å². The Kier molecular flexibility index (Phi) is 13.5. The van der Waals surface area contributed by atoms with Crippen molar-refractivity contribution < 1.29 is 32.7 Å². The van der Waals surface area contributed by atoms with Crippen molar-refractivity contribution in [2.24, 2.45) is 5.73 Å². The summed E-state index contributed by atoms with van der Waals surface area (Å²) in [6, 6.07) is 12.0. The van der Waals surface area contributed by atoms with Gasteiger partial charge >= 0.3 is 0 Å². The lowest BCUT2D eigenvalue weighted by Crippen LogP contribution is -2.61. The van der Waals surface area contributed by atoms with Crippen LogP contribution in [0.15, 0.2) is 85.2 Å². The molecule has 2 N–H and O–H groups in total. The SMILES string of the molecule is C=C/C=C(F)\C=C/CCCN1CC(=O)N(CCc2ccc(F)cc2)C(CC(=O)N(CCc2ccc(OC)cc2)CC(N)=O)C1=O. The molecule has 0 bridgehead atoms. The van der Waals surface area contributed by atoms with Crippen LogP contribution in [-0.2, 0) is 32.0 Å². The van der Waals surface area contributed by atoms with Gasteiger partial charge in [0.2, 0.25) is 23.6 Å². The number of benzene rings is 2. The Morgan fingerprint density at radius 3 is 2.38 bits per heavy atom. The number of unbranched alkanes of at least 4 members (excludes halogenated alkanes) is 1. The smallest absolute Gasteiger partial charge is 0.246 e. The fraction of sp³-hybridized carbons (Fsp3) is 0.353. The van der Waals surface area contributed by atoms with Gasteiger partial charge in [-0.1, -0.05) is 43.0 Å². The number of ether oxygens (including phenoxy) is 1. The molecule has 0 radical (unpaired) electrons. The second kappa shape index (κ2) is 17.5. The molecule has 1 aliphatic heterocycles. The van der Waals surface area contributed by atoms with Gasteiger partial charge in [0.15, 0.2) is 0 Å². The van der Waals surface area contributed by atoms with E-state index in [9.17, 15) is 28.0 Å². The molecule has 45 heavy (non-hydrogen) atoms. The molecular weight excluding hydrogens is 582 g/mol. The molecule has 9 nitrogen and oxygen atoms in total. The first-order valence-corrected chi connectivity index (χ1v) is 14.8. The number of methoxy groups -OCH3 is 1. The zero-order valence-corrected chi connectivity index (χ0v) is 25.5. The summed E-state index contributed by atoms with van der Waals surface area (Å²) in [5.41, 5.74) is 7.13. The van der Waals surface area contributed by atoms with E-state index >= 15 is 0 Å². The first-order chi connectivity index (χ1) is 21.6. The number of primary amides is 1. The van der Waals surface area contributed by atoms with Crippen molar-refractivity contribution in [3.8, 4) is 5.75 Å². The zero-order valence-electron chi connectivity index (χ0n) is 25.5.